The number of thioether (sulfide) groups is 1. The summed E-state index contributed by atoms with van der Waals surface area (Å²) in [5, 5.41) is 0. The van der Waals surface area contributed by atoms with E-state index < -0.39 is 91.3 Å². The summed E-state index contributed by atoms with van der Waals surface area (Å²) in [6.45, 7) is 2.35. The Bertz CT molecular complexity index is 4060. The quantitative estimate of drug-likeness (QED) is 0.0359. The Morgan fingerprint density at radius 3 is 0.832 bits per heavy atom. The van der Waals surface area contributed by atoms with Gasteiger partial charge in [0.1, 0.15) is 84.4 Å². The third-order valence-corrected chi connectivity index (χ3v) is 20.0. The Balaban J connectivity index is 0.900. The topological polar surface area (TPSA) is 148 Å². The normalized spacial score (nSPS) is 24.4. The molecule has 0 spiro atoms. The van der Waals surface area contributed by atoms with Crippen LogP contribution >= 0.6 is 11.8 Å². The first-order valence-corrected chi connectivity index (χ1v) is 38.1. The summed E-state index contributed by atoms with van der Waals surface area (Å²) in [5.41, 5.74) is 8.86. The Morgan fingerprint density at radius 1 is 0.243 bits per heavy atom. The van der Waals surface area contributed by atoms with Gasteiger partial charge in [0.15, 0.2) is 12.6 Å². The van der Waals surface area contributed by atoms with Gasteiger partial charge in [-0.3, -0.25) is 0 Å². The lowest BCUT2D eigenvalue weighted by atomic mass is 9.96. The monoisotopic (exact) mass is 1460 g/mol. The molecule has 0 aromatic heterocycles. The van der Waals surface area contributed by atoms with Gasteiger partial charge in [0.05, 0.1) is 93.0 Å². The van der Waals surface area contributed by atoms with E-state index in [1.807, 2.05) is 304 Å². The molecule has 15 atom stereocenters. The second-order valence-corrected chi connectivity index (χ2v) is 27.7. The molecule has 0 saturated carbocycles. The maximum absolute atomic E-state index is 7.92. The molecule has 0 amide bonds. The van der Waals surface area contributed by atoms with E-state index in [0.717, 1.165) is 55.6 Å². The number of ether oxygens (including phenoxy) is 16. The van der Waals surface area contributed by atoms with E-state index in [1.165, 1.54) is 11.8 Å². The van der Waals surface area contributed by atoms with Crippen LogP contribution in [0.15, 0.2) is 297 Å². The second-order valence-electron chi connectivity index (χ2n) is 26.8. The van der Waals surface area contributed by atoms with Gasteiger partial charge in [-0.05, 0) is 74.0 Å². The fourth-order valence-corrected chi connectivity index (χ4v) is 14.3. The zero-order valence-electron chi connectivity index (χ0n) is 60.6. The first-order valence-electron chi connectivity index (χ1n) is 36.8. The fourth-order valence-electron chi connectivity index (χ4n) is 13.5. The fraction of sp³-hybridized carbons (Fsp3) is 0.333. The van der Waals surface area contributed by atoms with Crippen LogP contribution in [0, 0.1) is 0 Å². The van der Waals surface area contributed by atoms with Crippen LogP contribution in [0.2, 0.25) is 0 Å². The molecule has 0 unspecified atom stereocenters. The first-order chi connectivity index (χ1) is 53.0. The molecule has 0 radical (unpaired) electrons. The van der Waals surface area contributed by atoms with Crippen LogP contribution in [0.1, 0.15) is 55.6 Å². The first kappa shape index (κ1) is 76.9. The van der Waals surface area contributed by atoms with E-state index >= 15 is 0 Å². The van der Waals surface area contributed by atoms with Crippen molar-refractivity contribution >= 4 is 11.8 Å². The van der Waals surface area contributed by atoms with Gasteiger partial charge in [-0.2, -0.15) is 0 Å². The molecule has 0 N–H and O–H groups in total. The van der Waals surface area contributed by atoms with Crippen molar-refractivity contribution in [3.05, 3.63) is 353 Å². The van der Waals surface area contributed by atoms with Crippen molar-refractivity contribution < 1.29 is 75.8 Å². The smallest absolute Gasteiger partial charge is 0.187 e. The van der Waals surface area contributed by atoms with Crippen LogP contribution in [0.5, 0.6) is 5.75 Å². The molecule has 0 aliphatic carbocycles. The largest absolute Gasteiger partial charge is 0.497 e. The third-order valence-electron chi connectivity index (χ3n) is 19.1. The predicted molar refractivity (Wildman–Crippen MR) is 409 cm³/mol. The van der Waals surface area contributed by atoms with E-state index in [4.69, 9.17) is 75.8 Å². The van der Waals surface area contributed by atoms with E-state index in [2.05, 4.69) is 0 Å². The van der Waals surface area contributed by atoms with Gasteiger partial charge in [-0.25, -0.2) is 0 Å². The highest BCUT2D eigenvalue weighted by atomic mass is 32.2. The van der Waals surface area contributed by atoms with Crippen LogP contribution < -0.4 is 4.74 Å². The van der Waals surface area contributed by atoms with Gasteiger partial charge < -0.3 is 75.8 Å². The molecule has 13 rings (SSSR count). The Kier molecular flexibility index (Phi) is 29.7. The number of rotatable bonds is 39. The summed E-state index contributed by atoms with van der Waals surface area (Å²) >= 11 is 1.49. The SMILES string of the molecule is COc1ccc(CO[C@H]2[C@@H](O[C@H]3O[C@H](COCc4ccccc4)[C@@H](OCc4ccccc4)[C@H](OCc4ccccc4)[C@@H]3OCc3ccccc3)[C@H](OCc3ccccc3)[C@@H](CO[C@H]3O[C@H](COCc4ccccc4)[C@@H](OCc4ccccc4)[C@H](OCc4ccccc4)[C@@H]3OCc3ccccc3)O[C@@H]2SC)cc1. The molecule has 3 aliphatic heterocycles. The van der Waals surface area contributed by atoms with Gasteiger partial charge >= 0.3 is 0 Å². The number of methoxy groups -OCH3 is 1. The van der Waals surface area contributed by atoms with Crippen LogP contribution in [-0.4, -0.2) is 124 Å². The third kappa shape index (κ3) is 22.7. The Labute approximate surface area is 633 Å². The van der Waals surface area contributed by atoms with Crippen molar-refractivity contribution in [1.82, 2.24) is 0 Å². The van der Waals surface area contributed by atoms with Crippen molar-refractivity contribution in [2.75, 3.05) is 33.2 Å². The van der Waals surface area contributed by atoms with Crippen LogP contribution in [0.4, 0.5) is 0 Å². The molecule has 10 aromatic carbocycles. The van der Waals surface area contributed by atoms with Crippen molar-refractivity contribution in [3.8, 4) is 5.75 Å². The minimum Gasteiger partial charge on any atom is -0.497 e. The molecular formula is C90H96O16S. The number of benzene rings is 10. The molecule has 17 heteroatoms. The minimum absolute atomic E-state index is 0.0925. The lowest BCUT2D eigenvalue weighted by Gasteiger charge is -2.50. The molecule has 16 nitrogen and oxygen atoms in total. The van der Waals surface area contributed by atoms with Gasteiger partial charge in [0.2, 0.25) is 0 Å². The van der Waals surface area contributed by atoms with Gasteiger partial charge in [-0.1, -0.05) is 285 Å². The van der Waals surface area contributed by atoms with Crippen molar-refractivity contribution in [1.29, 1.82) is 0 Å². The van der Waals surface area contributed by atoms with Crippen molar-refractivity contribution in [2.24, 2.45) is 0 Å². The Hall–Kier alpha value is -8.25. The molecule has 3 fully saturated rings. The highest BCUT2D eigenvalue weighted by molar-refractivity contribution is 7.99. The number of hydrogen-bond donors (Lipinski definition) is 0. The zero-order valence-corrected chi connectivity index (χ0v) is 61.4. The van der Waals surface area contributed by atoms with Crippen LogP contribution in [0.3, 0.4) is 0 Å². The standard InChI is InChI=1S/C90H96O16S/c1-91-75-50-48-74(49-51-75)61-101-87-84(106-89-86(100-60-73-46-28-11-29-47-73)83(98-58-71-42-24-9-25-43-71)80(95-55-68-36-18-6-19-37-68)77(104-89)63-93-53-66-32-14-4-15-33-66)81(96-56-69-38-20-7-21-39-69)78(105-90(87)107-2)64-102-88-85(99-59-72-44-26-10-27-45-72)82(97-57-70-40-22-8-23-41-70)79(94-54-67-34-16-5-17-35-67)76(103-88)62-92-52-65-30-12-3-13-31-65/h3-51,76-90H,52-64H2,1-2H3/t76-,77-,78-,79-,80-,81-,82+,83+,84+,85+,86+,87+,88+,89-,90-/m1/s1. The summed E-state index contributed by atoms with van der Waals surface area (Å²) in [6, 6.07) is 98.5. The molecule has 0 bridgehead atoms. The summed E-state index contributed by atoms with van der Waals surface area (Å²) in [5.74, 6) is 0.716. The van der Waals surface area contributed by atoms with Gasteiger partial charge in [-0.15, -0.1) is 11.8 Å². The zero-order chi connectivity index (χ0) is 72.9. The summed E-state index contributed by atoms with van der Waals surface area (Å²) in [7, 11) is 1.65. The van der Waals surface area contributed by atoms with Gasteiger partial charge in [0, 0.05) is 0 Å². The molecule has 3 aliphatic rings. The minimum atomic E-state index is -1.20. The molecular weight excluding hydrogens is 1370 g/mol. The van der Waals surface area contributed by atoms with E-state index in [-0.39, 0.29) is 72.7 Å². The maximum Gasteiger partial charge on any atom is 0.187 e. The Morgan fingerprint density at radius 2 is 0.505 bits per heavy atom. The summed E-state index contributed by atoms with van der Waals surface area (Å²) in [4.78, 5) is 0. The van der Waals surface area contributed by atoms with Crippen molar-refractivity contribution in [3.63, 3.8) is 0 Å². The number of hydrogen-bond acceptors (Lipinski definition) is 17. The van der Waals surface area contributed by atoms with Crippen molar-refractivity contribution in [2.45, 2.75) is 157 Å². The van der Waals surface area contributed by atoms with E-state index in [1.54, 1.807) is 7.11 Å². The lowest BCUT2D eigenvalue weighted by molar-refractivity contribution is -0.364. The lowest BCUT2D eigenvalue weighted by Crippen LogP contribution is -2.66. The van der Waals surface area contributed by atoms with Crippen LogP contribution in [0.25, 0.3) is 0 Å². The highest BCUT2D eigenvalue weighted by Gasteiger charge is 2.56. The molecule has 3 heterocycles. The summed E-state index contributed by atoms with van der Waals surface area (Å²) < 4.78 is 115. The molecule has 10 aromatic rings. The van der Waals surface area contributed by atoms with Gasteiger partial charge in [0.25, 0.3) is 0 Å². The molecule has 107 heavy (non-hydrogen) atoms. The predicted octanol–water partition coefficient (Wildman–Crippen LogP) is 16.1. The molecule has 558 valence electrons. The highest BCUT2D eigenvalue weighted by Crippen LogP contribution is 2.40. The second kappa shape index (κ2) is 41.4. The average Bonchev–Trinajstić information content (AvgIpc) is 0.790. The molecule has 3 saturated heterocycles. The summed E-state index contributed by atoms with van der Waals surface area (Å²) in [6.07, 6.45) is -10.5. The maximum atomic E-state index is 7.92. The van der Waals surface area contributed by atoms with E-state index in [9.17, 15) is 0 Å². The average molecular weight is 1470 g/mol. The van der Waals surface area contributed by atoms with E-state index in [0.29, 0.717) is 19.0 Å². The van der Waals surface area contributed by atoms with Crippen LogP contribution in [-0.2, 0) is 137 Å².